The molecule has 3 rings (SSSR count). The van der Waals surface area contributed by atoms with Gasteiger partial charge in [-0.1, -0.05) is 12.8 Å². The third kappa shape index (κ3) is 3.37. The van der Waals surface area contributed by atoms with E-state index in [2.05, 4.69) is 26.8 Å². The third-order valence-corrected chi connectivity index (χ3v) is 4.78. The molecule has 2 aromatic heterocycles. The van der Waals surface area contributed by atoms with Crippen LogP contribution >= 0.6 is 0 Å². The molecule has 7 heteroatoms. The molecule has 24 heavy (non-hydrogen) atoms. The van der Waals surface area contributed by atoms with Crippen molar-refractivity contribution >= 4 is 17.0 Å². The minimum absolute atomic E-state index is 0.0602. The van der Waals surface area contributed by atoms with E-state index in [-0.39, 0.29) is 12.1 Å². The Morgan fingerprint density at radius 3 is 2.83 bits per heavy atom. The molecule has 0 radical (unpaired) electrons. The van der Waals surface area contributed by atoms with E-state index >= 15 is 0 Å². The van der Waals surface area contributed by atoms with Gasteiger partial charge in [-0.3, -0.25) is 0 Å². The van der Waals surface area contributed by atoms with Crippen LogP contribution in [0, 0.1) is 0 Å². The lowest BCUT2D eigenvalue weighted by Gasteiger charge is -2.28. The van der Waals surface area contributed by atoms with E-state index in [1.54, 1.807) is 12.7 Å². The summed E-state index contributed by atoms with van der Waals surface area (Å²) in [6.45, 7) is 7.08. The van der Waals surface area contributed by atoms with Crippen molar-refractivity contribution in [1.82, 2.24) is 19.5 Å². The standard InChI is InChI=1S/C17H27N5O2/c1-3-21(9-10-24-4-2)16-15-17(19-11-18-16)22(12-20-15)13-7-5-6-8-14(13)23/h11-14,23H,3-10H2,1-2H3/t13-,14-/m0/s1. The predicted octanol–water partition coefficient (Wildman–Crippen LogP) is 2.17. The molecule has 2 aromatic rings. The maximum atomic E-state index is 10.3. The van der Waals surface area contributed by atoms with Gasteiger partial charge in [-0.25, -0.2) is 15.0 Å². The molecule has 1 saturated carbocycles. The Bertz CT molecular complexity index is 659. The highest BCUT2D eigenvalue weighted by Gasteiger charge is 2.27. The number of ether oxygens (including phenoxy) is 1. The van der Waals surface area contributed by atoms with Crippen LogP contribution in [0.1, 0.15) is 45.6 Å². The second-order valence-corrected chi connectivity index (χ2v) is 6.22. The highest BCUT2D eigenvalue weighted by atomic mass is 16.5. The number of aliphatic hydroxyl groups is 1. The number of aliphatic hydroxyl groups excluding tert-OH is 1. The molecule has 0 spiro atoms. The van der Waals surface area contributed by atoms with Gasteiger partial charge in [0.1, 0.15) is 6.33 Å². The molecule has 7 nitrogen and oxygen atoms in total. The highest BCUT2D eigenvalue weighted by molar-refractivity contribution is 5.83. The van der Waals surface area contributed by atoms with Gasteiger partial charge in [-0.05, 0) is 26.7 Å². The molecule has 0 unspecified atom stereocenters. The average molecular weight is 333 g/mol. The van der Waals surface area contributed by atoms with Crippen molar-refractivity contribution in [3.05, 3.63) is 12.7 Å². The summed E-state index contributed by atoms with van der Waals surface area (Å²) in [4.78, 5) is 15.6. The van der Waals surface area contributed by atoms with Gasteiger partial charge < -0.3 is 19.3 Å². The van der Waals surface area contributed by atoms with Gasteiger partial charge >= 0.3 is 0 Å². The monoisotopic (exact) mass is 333 g/mol. The first-order valence-electron chi connectivity index (χ1n) is 8.94. The normalized spacial score (nSPS) is 21.3. The van der Waals surface area contributed by atoms with Crippen molar-refractivity contribution in [3.63, 3.8) is 0 Å². The number of imidazole rings is 1. The molecule has 2 heterocycles. The quantitative estimate of drug-likeness (QED) is 0.783. The van der Waals surface area contributed by atoms with E-state index in [1.807, 2.05) is 11.5 Å². The molecule has 2 atom stereocenters. The molecular formula is C17H27N5O2. The summed E-state index contributed by atoms with van der Waals surface area (Å²) in [7, 11) is 0. The Morgan fingerprint density at radius 1 is 1.25 bits per heavy atom. The summed E-state index contributed by atoms with van der Waals surface area (Å²) in [5, 5.41) is 10.3. The van der Waals surface area contributed by atoms with Crippen LogP contribution < -0.4 is 4.90 Å². The van der Waals surface area contributed by atoms with Gasteiger partial charge in [-0.15, -0.1) is 0 Å². The summed E-state index contributed by atoms with van der Waals surface area (Å²) >= 11 is 0. The molecule has 132 valence electrons. The van der Waals surface area contributed by atoms with Crippen LogP contribution in [0.3, 0.4) is 0 Å². The van der Waals surface area contributed by atoms with Crippen LogP contribution in [-0.2, 0) is 4.74 Å². The van der Waals surface area contributed by atoms with Crippen molar-refractivity contribution in [3.8, 4) is 0 Å². The molecule has 1 N–H and O–H groups in total. The fraction of sp³-hybridized carbons (Fsp3) is 0.706. The van der Waals surface area contributed by atoms with Gasteiger partial charge in [0, 0.05) is 19.7 Å². The fourth-order valence-corrected chi connectivity index (χ4v) is 3.46. The first kappa shape index (κ1) is 17.1. The first-order valence-corrected chi connectivity index (χ1v) is 8.94. The van der Waals surface area contributed by atoms with Crippen LogP contribution in [-0.4, -0.2) is 57.0 Å². The number of hydrogen-bond donors (Lipinski definition) is 1. The van der Waals surface area contributed by atoms with Crippen LogP contribution in [0.25, 0.3) is 11.2 Å². The van der Waals surface area contributed by atoms with E-state index in [1.165, 1.54) is 0 Å². The van der Waals surface area contributed by atoms with Crippen LogP contribution in [0.15, 0.2) is 12.7 Å². The minimum Gasteiger partial charge on any atom is -0.391 e. The Hall–Kier alpha value is -1.73. The zero-order chi connectivity index (χ0) is 16.9. The fourth-order valence-electron chi connectivity index (χ4n) is 3.46. The number of likely N-dealkylation sites (N-methyl/N-ethyl adjacent to an activating group) is 1. The van der Waals surface area contributed by atoms with Crippen molar-refractivity contribution in [2.75, 3.05) is 31.2 Å². The van der Waals surface area contributed by atoms with Gasteiger partial charge in [-0.2, -0.15) is 0 Å². The average Bonchev–Trinajstić information content (AvgIpc) is 3.03. The summed E-state index contributed by atoms with van der Waals surface area (Å²) in [6, 6.07) is 0.0602. The van der Waals surface area contributed by atoms with Crippen molar-refractivity contribution < 1.29 is 9.84 Å². The number of hydrogen-bond acceptors (Lipinski definition) is 6. The maximum Gasteiger partial charge on any atom is 0.165 e. The number of nitrogens with zero attached hydrogens (tertiary/aromatic N) is 5. The molecule has 0 aliphatic heterocycles. The van der Waals surface area contributed by atoms with Crippen molar-refractivity contribution in [1.29, 1.82) is 0 Å². The van der Waals surface area contributed by atoms with E-state index in [4.69, 9.17) is 4.74 Å². The molecule has 0 amide bonds. The second kappa shape index (κ2) is 7.90. The largest absolute Gasteiger partial charge is 0.391 e. The highest BCUT2D eigenvalue weighted by Crippen LogP contribution is 2.32. The predicted molar refractivity (Wildman–Crippen MR) is 93.2 cm³/mol. The summed E-state index contributed by atoms with van der Waals surface area (Å²) in [5.74, 6) is 0.839. The molecule has 0 saturated heterocycles. The Labute approximate surface area is 142 Å². The Morgan fingerprint density at radius 2 is 2.08 bits per heavy atom. The van der Waals surface area contributed by atoms with E-state index < -0.39 is 0 Å². The van der Waals surface area contributed by atoms with E-state index in [9.17, 15) is 5.11 Å². The van der Waals surface area contributed by atoms with Crippen LogP contribution in [0.2, 0.25) is 0 Å². The lowest BCUT2D eigenvalue weighted by atomic mass is 9.92. The molecule has 0 bridgehead atoms. The SMILES string of the molecule is CCOCCN(CC)c1ncnc2c1ncn2[C@H]1CCCC[C@@H]1O. The van der Waals surface area contributed by atoms with Crippen molar-refractivity contribution in [2.24, 2.45) is 0 Å². The lowest BCUT2D eigenvalue weighted by molar-refractivity contribution is 0.0770. The smallest absolute Gasteiger partial charge is 0.165 e. The van der Waals surface area contributed by atoms with Gasteiger partial charge in [0.2, 0.25) is 0 Å². The lowest BCUT2D eigenvalue weighted by Crippen LogP contribution is -2.29. The number of anilines is 1. The Kier molecular flexibility index (Phi) is 5.63. The van der Waals surface area contributed by atoms with Crippen LogP contribution in [0.5, 0.6) is 0 Å². The summed E-state index contributed by atoms with van der Waals surface area (Å²) in [6.07, 6.45) is 7.11. The van der Waals surface area contributed by atoms with Gasteiger partial charge in [0.05, 0.1) is 25.1 Å². The molecular weight excluding hydrogens is 306 g/mol. The number of fused-ring (bicyclic) bond motifs is 1. The van der Waals surface area contributed by atoms with Gasteiger partial charge in [0.25, 0.3) is 0 Å². The molecule has 1 aliphatic carbocycles. The first-order chi connectivity index (χ1) is 11.8. The maximum absolute atomic E-state index is 10.3. The molecule has 1 fully saturated rings. The van der Waals surface area contributed by atoms with Crippen molar-refractivity contribution in [2.45, 2.75) is 51.7 Å². The number of aromatic nitrogens is 4. The molecule has 0 aromatic carbocycles. The third-order valence-electron chi connectivity index (χ3n) is 4.78. The van der Waals surface area contributed by atoms with E-state index in [0.29, 0.717) is 13.2 Å². The topological polar surface area (TPSA) is 76.3 Å². The van der Waals surface area contributed by atoms with E-state index in [0.717, 1.165) is 55.8 Å². The summed E-state index contributed by atoms with van der Waals surface area (Å²) in [5.41, 5.74) is 1.61. The molecule has 1 aliphatic rings. The zero-order valence-corrected chi connectivity index (χ0v) is 14.6. The second-order valence-electron chi connectivity index (χ2n) is 6.22. The number of rotatable bonds is 7. The van der Waals surface area contributed by atoms with Crippen LogP contribution in [0.4, 0.5) is 5.82 Å². The zero-order valence-electron chi connectivity index (χ0n) is 14.6. The summed E-state index contributed by atoms with van der Waals surface area (Å²) < 4.78 is 7.50. The minimum atomic E-state index is -0.324. The van der Waals surface area contributed by atoms with Gasteiger partial charge in [0.15, 0.2) is 17.0 Å². The Balaban J connectivity index is 1.90.